The number of aliphatic hydroxyl groups is 2. The molecule has 0 amide bonds. The summed E-state index contributed by atoms with van der Waals surface area (Å²) in [5.41, 5.74) is 13.2. The minimum atomic E-state index is -1.40. The summed E-state index contributed by atoms with van der Waals surface area (Å²) >= 11 is 0. The van der Waals surface area contributed by atoms with Gasteiger partial charge in [-0.05, 0) is 27.8 Å². The van der Waals surface area contributed by atoms with E-state index >= 15 is 0 Å². The van der Waals surface area contributed by atoms with Crippen molar-refractivity contribution in [3.05, 3.63) is 154 Å². The Kier molecular flexibility index (Phi) is 15.0. The third-order valence-corrected chi connectivity index (χ3v) is 9.37. The Labute approximate surface area is 314 Å². The fourth-order valence-electron chi connectivity index (χ4n) is 6.63. The van der Waals surface area contributed by atoms with Crippen molar-refractivity contribution >= 4 is 0 Å². The minimum absolute atomic E-state index is 0.0672. The van der Waals surface area contributed by atoms with Crippen LogP contribution in [0.15, 0.2) is 126 Å². The molecule has 2 aliphatic rings. The Bertz CT molecular complexity index is 1700. The smallest absolute Gasteiger partial charge is 0.187 e. The van der Waals surface area contributed by atoms with Gasteiger partial charge in [-0.15, -0.1) is 0 Å². The first-order chi connectivity index (χ1) is 26.6. The van der Waals surface area contributed by atoms with Crippen LogP contribution < -0.4 is 0 Å². The molecule has 0 radical (unpaired) electrons. The second kappa shape index (κ2) is 20.5. The van der Waals surface area contributed by atoms with Gasteiger partial charge >= 0.3 is 0 Å². The zero-order valence-electron chi connectivity index (χ0n) is 30.1. The lowest BCUT2D eigenvalue weighted by Crippen LogP contribution is -2.65. The molecule has 2 heterocycles. The van der Waals surface area contributed by atoms with Crippen molar-refractivity contribution in [1.29, 1.82) is 0 Å². The molecule has 10 atom stereocenters. The quantitative estimate of drug-likeness (QED) is 0.0760. The van der Waals surface area contributed by atoms with Crippen LogP contribution >= 0.6 is 0 Å². The summed E-state index contributed by atoms with van der Waals surface area (Å²) in [5.74, 6) is 0. The highest BCUT2D eigenvalue weighted by molar-refractivity contribution is 5.16. The number of aliphatic hydroxyl groups excluding tert-OH is 2. The summed E-state index contributed by atoms with van der Waals surface area (Å²) in [6, 6.07) is 37.5. The number of azide groups is 1. The topological polar surface area (TPSA) is 163 Å². The molecule has 0 spiro atoms. The van der Waals surface area contributed by atoms with Crippen molar-refractivity contribution in [1.82, 2.24) is 0 Å². The Hall–Kier alpha value is -4.21. The second-order valence-electron chi connectivity index (χ2n) is 13.1. The summed E-state index contributed by atoms with van der Waals surface area (Å²) in [6.07, 6.45) is -9.43. The van der Waals surface area contributed by atoms with E-state index in [0.717, 1.165) is 22.3 Å². The highest BCUT2D eigenvalue weighted by Gasteiger charge is 2.53. The normalized spacial score (nSPS) is 28.3. The molecule has 0 saturated carbocycles. The highest BCUT2D eigenvalue weighted by Crippen LogP contribution is 2.35. The van der Waals surface area contributed by atoms with Crippen LogP contribution in [-0.4, -0.2) is 91.9 Å². The maximum Gasteiger partial charge on any atom is 0.187 e. The van der Waals surface area contributed by atoms with E-state index in [2.05, 4.69) is 10.0 Å². The average molecular weight is 742 g/mol. The predicted octanol–water partition coefficient (Wildman–Crippen LogP) is 5.47. The Morgan fingerprint density at radius 1 is 0.611 bits per heavy atom. The molecule has 6 rings (SSSR count). The number of ether oxygens (including phenoxy) is 8. The first-order valence-electron chi connectivity index (χ1n) is 18.0. The molecule has 2 aliphatic heterocycles. The summed E-state index contributed by atoms with van der Waals surface area (Å²) < 4.78 is 50.3. The zero-order valence-corrected chi connectivity index (χ0v) is 30.1. The zero-order chi connectivity index (χ0) is 37.5. The molecular formula is C41H47N3O10. The number of nitrogens with zero attached hydrogens (tertiary/aromatic N) is 3. The van der Waals surface area contributed by atoms with E-state index in [1.54, 1.807) is 0 Å². The molecule has 2 saturated heterocycles. The van der Waals surface area contributed by atoms with Gasteiger partial charge in [0.1, 0.15) is 48.8 Å². The van der Waals surface area contributed by atoms with E-state index < -0.39 is 68.0 Å². The van der Waals surface area contributed by atoms with Gasteiger partial charge in [0.25, 0.3) is 0 Å². The molecule has 286 valence electrons. The monoisotopic (exact) mass is 741 g/mol. The van der Waals surface area contributed by atoms with Gasteiger partial charge in [0.15, 0.2) is 12.6 Å². The number of hydrogen-bond acceptors (Lipinski definition) is 11. The van der Waals surface area contributed by atoms with Crippen LogP contribution in [0, 0.1) is 0 Å². The third-order valence-electron chi connectivity index (χ3n) is 9.37. The van der Waals surface area contributed by atoms with Crippen molar-refractivity contribution < 1.29 is 48.1 Å². The second-order valence-corrected chi connectivity index (χ2v) is 13.1. The third kappa shape index (κ3) is 10.5. The van der Waals surface area contributed by atoms with Crippen LogP contribution in [0.3, 0.4) is 0 Å². The summed E-state index contributed by atoms with van der Waals surface area (Å²) in [4.78, 5) is 3.03. The lowest BCUT2D eigenvalue weighted by molar-refractivity contribution is -0.357. The van der Waals surface area contributed by atoms with Crippen LogP contribution in [0.25, 0.3) is 10.4 Å². The van der Waals surface area contributed by atoms with Gasteiger partial charge < -0.3 is 48.1 Å². The lowest BCUT2D eigenvalue weighted by Gasteiger charge is -2.48. The van der Waals surface area contributed by atoms with Gasteiger partial charge in [-0.2, -0.15) is 0 Å². The predicted molar refractivity (Wildman–Crippen MR) is 196 cm³/mol. The molecule has 0 unspecified atom stereocenters. The Morgan fingerprint density at radius 3 is 1.56 bits per heavy atom. The molecule has 0 aliphatic carbocycles. The lowest BCUT2D eigenvalue weighted by atomic mass is 9.95. The average Bonchev–Trinajstić information content (AvgIpc) is 3.22. The van der Waals surface area contributed by atoms with Gasteiger partial charge in [0.2, 0.25) is 0 Å². The highest BCUT2D eigenvalue weighted by atomic mass is 16.7. The molecule has 0 bridgehead atoms. The largest absolute Gasteiger partial charge is 0.394 e. The van der Waals surface area contributed by atoms with Crippen LogP contribution in [0.4, 0.5) is 0 Å². The Balaban J connectivity index is 1.30. The summed E-state index contributed by atoms with van der Waals surface area (Å²) in [6.45, 7) is 0.388. The molecule has 13 nitrogen and oxygen atoms in total. The number of methoxy groups -OCH3 is 1. The molecule has 0 aromatic heterocycles. The van der Waals surface area contributed by atoms with E-state index in [0.29, 0.717) is 6.61 Å². The molecular weight excluding hydrogens is 694 g/mol. The van der Waals surface area contributed by atoms with E-state index in [1.807, 2.05) is 121 Å². The molecule has 2 N–H and O–H groups in total. The standard InChI is InChI=1S/C41H47N3O10/c1-47-40-34(43-44-42)38(50-25-30-18-10-4-11-19-30)37(32(22-45)52-40)54-41-35(46)39(51-26-31-20-12-5-13-21-31)36(49-24-29-16-8-3-9-17-29)33(53-41)27-48-23-28-14-6-2-7-15-28/h2-21,32-41,45-46H,22-27H2,1H3/t32-,33-,34-,35-,36+,37-,38-,39-,40-,41+/m1/s1. The van der Waals surface area contributed by atoms with Gasteiger partial charge in [0, 0.05) is 12.0 Å². The van der Waals surface area contributed by atoms with Crippen LogP contribution in [0.5, 0.6) is 0 Å². The number of benzene rings is 4. The van der Waals surface area contributed by atoms with Gasteiger partial charge in [0.05, 0.1) is 39.6 Å². The van der Waals surface area contributed by atoms with E-state index in [1.165, 1.54) is 7.11 Å². The molecule has 13 heteroatoms. The molecule has 4 aromatic carbocycles. The van der Waals surface area contributed by atoms with Crippen LogP contribution in [-0.2, 0) is 64.3 Å². The number of hydrogen-bond donors (Lipinski definition) is 2. The summed E-state index contributed by atoms with van der Waals surface area (Å²) in [7, 11) is 1.41. The van der Waals surface area contributed by atoms with Gasteiger partial charge in [-0.25, -0.2) is 0 Å². The molecule has 4 aromatic rings. The molecule has 2 fully saturated rings. The van der Waals surface area contributed by atoms with Crippen molar-refractivity contribution in [2.75, 3.05) is 20.3 Å². The minimum Gasteiger partial charge on any atom is -0.394 e. The molecule has 54 heavy (non-hydrogen) atoms. The van der Waals surface area contributed by atoms with Crippen LogP contribution in [0.1, 0.15) is 22.3 Å². The van der Waals surface area contributed by atoms with Crippen molar-refractivity contribution in [3.63, 3.8) is 0 Å². The fraction of sp³-hybridized carbons (Fsp3) is 0.415. The first kappa shape index (κ1) is 39.5. The van der Waals surface area contributed by atoms with Crippen LogP contribution in [0.2, 0.25) is 0 Å². The van der Waals surface area contributed by atoms with Crippen molar-refractivity contribution in [2.24, 2.45) is 5.11 Å². The first-order valence-corrected chi connectivity index (χ1v) is 18.0. The van der Waals surface area contributed by atoms with Gasteiger partial charge in [-0.1, -0.05) is 126 Å². The maximum atomic E-state index is 12.1. The van der Waals surface area contributed by atoms with Crippen molar-refractivity contribution in [2.45, 2.75) is 87.8 Å². The Morgan fingerprint density at radius 2 is 1.07 bits per heavy atom. The van der Waals surface area contributed by atoms with E-state index in [-0.39, 0.29) is 26.4 Å². The van der Waals surface area contributed by atoms with Gasteiger partial charge in [-0.3, -0.25) is 0 Å². The van der Waals surface area contributed by atoms with E-state index in [9.17, 15) is 15.7 Å². The number of rotatable bonds is 18. The maximum absolute atomic E-state index is 12.1. The SMILES string of the molecule is CO[C@@H]1O[C@H](CO)[C@@H](O[C@@H]2O[C@H](COCc3ccccc3)[C@H](OCc3ccccc3)[C@H](OCc3ccccc3)[C@H]2O)[C@H](OCc2ccccc2)[C@H]1N=[N+]=[N-]. The van der Waals surface area contributed by atoms with Crippen molar-refractivity contribution in [3.8, 4) is 0 Å². The van der Waals surface area contributed by atoms with E-state index in [4.69, 9.17) is 37.9 Å². The summed E-state index contributed by atoms with van der Waals surface area (Å²) in [5, 5.41) is 26.6. The fourth-order valence-corrected chi connectivity index (χ4v) is 6.63.